The van der Waals surface area contributed by atoms with Crippen LogP contribution >= 0.6 is 0 Å². The molecule has 0 N–H and O–H groups in total. The number of benzene rings is 2. The standard InChI is InChI=1S/C27H40N2O2/c1-3-4-11-18-28-19-16-24(27(23-28)31-22-21-30-2)17-20-29(25-12-7-5-8-13-25)26-14-9-6-10-15-26/h5-10,12-15,24,27H,3-4,11,16-23H2,1-2H3/t24-,27+/m1/s1. The number of nitrogens with zero attached hydrogens (tertiary/aromatic N) is 2. The Morgan fingerprint density at radius 3 is 2.23 bits per heavy atom. The molecular weight excluding hydrogens is 384 g/mol. The zero-order valence-corrected chi connectivity index (χ0v) is 19.4. The van der Waals surface area contributed by atoms with E-state index in [2.05, 4.69) is 77.4 Å². The van der Waals surface area contributed by atoms with Gasteiger partial charge in [0.2, 0.25) is 0 Å². The molecule has 1 aliphatic rings. The second-order valence-electron chi connectivity index (χ2n) is 8.57. The molecule has 2 aromatic carbocycles. The lowest BCUT2D eigenvalue weighted by atomic mass is 9.90. The number of rotatable bonds is 13. The summed E-state index contributed by atoms with van der Waals surface area (Å²) in [5, 5.41) is 0. The lowest BCUT2D eigenvalue weighted by molar-refractivity contribution is -0.0538. The first-order valence-electron chi connectivity index (χ1n) is 12.0. The Balaban J connectivity index is 1.64. The van der Waals surface area contributed by atoms with Crippen LogP contribution in [0, 0.1) is 5.92 Å². The van der Waals surface area contributed by atoms with Crippen LogP contribution in [0.4, 0.5) is 11.4 Å². The fraction of sp³-hybridized carbons (Fsp3) is 0.556. The second-order valence-corrected chi connectivity index (χ2v) is 8.57. The van der Waals surface area contributed by atoms with E-state index in [0.717, 1.165) is 19.5 Å². The Hall–Kier alpha value is -1.88. The predicted molar refractivity (Wildman–Crippen MR) is 130 cm³/mol. The SMILES string of the molecule is CCCCCN1CC[C@H](CCN(c2ccccc2)c2ccccc2)[C@@H](OCCOC)C1. The zero-order valence-electron chi connectivity index (χ0n) is 19.4. The van der Waals surface area contributed by atoms with Gasteiger partial charge in [0.25, 0.3) is 0 Å². The molecule has 0 bridgehead atoms. The van der Waals surface area contributed by atoms with Crippen LogP contribution in [-0.2, 0) is 9.47 Å². The van der Waals surface area contributed by atoms with Crippen LogP contribution in [0.3, 0.4) is 0 Å². The number of piperidine rings is 1. The summed E-state index contributed by atoms with van der Waals surface area (Å²) in [6, 6.07) is 21.5. The maximum Gasteiger partial charge on any atom is 0.0732 e. The number of methoxy groups -OCH3 is 1. The Bertz CT molecular complexity index is 670. The van der Waals surface area contributed by atoms with Gasteiger partial charge in [0.15, 0.2) is 0 Å². The van der Waals surface area contributed by atoms with Gasteiger partial charge in [0.1, 0.15) is 0 Å². The van der Waals surface area contributed by atoms with Crippen LogP contribution in [0.5, 0.6) is 0 Å². The summed E-state index contributed by atoms with van der Waals surface area (Å²) in [6.45, 7) is 8.06. The maximum atomic E-state index is 6.33. The number of para-hydroxylation sites is 2. The van der Waals surface area contributed by atoms with Crippen molar-refractivity contribution in [2.45, 2.75) is 45.1 Å². The highest BCUT2D eigenvalue weighted by Gasteiger charge is 2.30. The number of anilines is 2. The third-order valence-corrected chi connectivity index (χ3v) is 6.34. The van der Waals surface area contributed by atoms with Gasteiger partial charge in [-0.2, -0.15) is 0 Å². The summed E-state index contributed by atoms with van der Waals surface area (Å²) >= 11 is 0. The molecule has 0 unspecified atom stereocenters. The summed E-state index contributed by atoms with van der Waals surface area (Å²) in [7, 11) is 1.75. The zero-order chi connectivity index (χ0) is 21.7. The molecule has 4 nitrogen and oxygen atoms in total. The first kappa shape index (κ1) is 23.8. The van der Waals surface area contributed by atoms with Crippen molar-refractivity contribution in [3.63, 3.8) is 0 Å². The van der Waals surface area contributed by atoms with E-state index in [-0.39, 0.29) is 0 Å². The third kappa shape index (κ3) is 7.64. The smallest absolute Gasteiger partial charge is 0.0732 e. The molecule has 0 spiro atoms. The molecule has 1 fully saturated rings. The molecule has 170 valence electrons. The van der Waals surface area contributed by atoms with Gasteiger partial charge in [0, 0.05) is 31.6 Å². The molecule has 4 heteroatoms. The monoisotopic (exact) mass is 424 g/mol. The van der Waals surface area contributed by atoms with E-state index < -0.39 is 0 Å². The molecule has 2 atom stereocenters. The number of hydrogen-bond acceptors (Lipinski definition) is 4. The van der Waals surface area contributed by atoms with Gasteiger partial charge < -0.3 is 19.3 Å². The van der Waals surface area contributed by atoms with E-state index in [9.17, 15) is 0 Å². The first-order chi connectivity index (χ1) is 15.3. The van der Waals surface area contributed by atoms with Crippen molar-refractivity contribution in [1.29, 1.82) is 0 Å². The van der Waals surface area contributed by atoms with Crippen LogP contribution in [0.25, 0.3) is 0 Å². The van der Waals surface area contributed by atoms with Gasteiger partial charge in [-0.3, -0.25) is 0 Å². The second kappa shape index (κ2) is 13.5. The Morgan fingerprint density at radius 2 is 1.61 bits per heavy atom. The molecule has 3 rings (SSSR count). The van der Waals surface area contributed by atoms with Crippen LogP contribution in [0.15, 0.2) is 60.7 Å². The fourth-order valence-electron chi connectivity index (χ4n) is 4.54. The third-order valence-electron chi connectivity index (χ3n) is 6.34. The van der Waals surface area contributed by atoms with Crippen LogP contribution in [0.1, 0.15) is 39.0 Å². The predicted octanol–water partition coefficient (Wildman–Crippen LogP) is 5.76. The first-order valence-corrected chi connectivity index (χ1v) is 12.0. The molecule has 1 aliphatic heterocycles. The van der Waals surface area contributed by atoms with Crippen molar-refractivity contribution >= 4 is 11.4 Å². The molecule has 0 amide bonds. The number of ether oxygens (including phenoxy) is 2. The lowest BCUT2D eigenvalue weighted by Gasteiger charge is -2.39. The van der Waals surface area contributed by atoms with E-state index in [1.165, 1.54) is 50.1 Å². The molecular formula is C27H40N2O2. The van der Waals surface area contributed by atoms with Gasteiger partial charge in [-0.1, -0.05) is 56.2 Å². The van der Waals surface area contributed by atoms with E-state index >= 15 is 0 Å². The minimum atomic E-state index is 0.291. The number of hydrogen-bond donors (Lipinski definition) is 0. The average Bonchev–Trinajstić information content (AvgIpc) is 2.82. The molecule has 0 aromatic heterocycles. The Morgan fingerprint density at radius 1 is 0.935 bits per heavy atom. The molecule has 1 heterocycles. The fourth-order valence-corrected chi connectivity index (χ4v) is 4.54. The Labute approximate surface area is 189 Å². The average molecular weight is 425 g/mol. The normalized spacial score (nSPS) is 19.4. The molecule has 31 heavy (non-hydrogen) atoms. The summed E-state index contributed by atoms with van der Waals surface area (Å²) in [5.74, 6) is 0.578. The van der Waals surface area contributed by atoms with Crippen LogP contribution in [0.2, 0.25) is 0 Å². The highest BCUT2D eigenvalue weighted by atomic mass is 16.5. The summed E-state index contributed by atoms with van der Waals surface area (Å²) in [6.07, 6.45) is 6.52. The van der Waals surface area contributed by atoms with Crippen molar-refractivity contribution < 1.29 is 9.47 Å². The van der Waals surface area contributed by atoms with Crippen molar-refractivity contribution in [2.24, 2.45) is 5.92 Å². The maximum absolute atomic E-state index is 6.33. The molecule has 0 aliphatic carbocycles. The van der Waals surface area contributed by atoms with Gasteiger partial charge in [0.05, 0.1) is 19.3 Å². The van der Waals surface area contributed by atoms with Gasteiger partial charge in [-0.05, 0) is 62.5 Å². The quantitative estimate of drug-likeness (QED) is 0.382. The Kier molecular flexibility index (Phi) is 10.4. The highest BCUT2D eigenvalue weighted by Crippen LogP contribution is 2.29. The van der Waals surface area contributed by atoms with Gasteiger partial charge >= 0.3 is 0 Å². The lowest BCUT2D eigenvalue weighted by Crippen LogP contribution is -2.46. The van der Waals surface area contributed by atoms with E-state index in [4.69, 9.17) is 9.47 Å². The van der Waals surface area contributed by atoms with Crippen molar-refractivity contribution in [1.82, 2.24) is 4.90 Å². The molecule has 2 aromatic rings. The van der Waals surface area contributed by atoms with E-state index in [1.807, 2.05) is 0 Å². The van der Waals surface area contributed by atoms with Crippen LogP contribution in [-0.4, -0.2) is 57.5 Å². The van der Waals surface area contributed by atoms with Crippen molar-refractivity contribution in [3.05, 3.63) is 60.7 Å². The minimum absolute atomic E-state index is 0.291. The van der Waals surface area contributed by atoms with E-state index in [0.29, 0.717) is 25.2 Å². The molecule has 1 saturated heterocycles. The van der Waals surface area contributed by atoms with Gasteiger partial charge in [-0.15, -0.1) is 0 Å². The summed E-state index contributed by atoms with van der Waals surface area (Å²) in [5.41, 5.74) is 2.50. The van der Waals surface area contributed by atoms with Crippen molar-refractivity contribution in [2.75, 3.05) is 51.4 Å². The largest absolute Gasteiger partial charge is 0.382 e. The summed E-state index contributed by atoms with van der Waals surface area (Å²) in [4.78, 5) is 5.05. The topological polar surface area (TPSA) is 24.9 Å². The minimum Gasteiger partial charge on any atom is -0.382 e. The number of likely N-dealkylation sites (tertiary alicyclic amines) is 1. The number of unbranched alkanes of at least 4 members (excludes halogenated alkanes) is 2. The summed E-state index contributed by atoms with van der Waals surface area (Å²) < 4.78 is 11.6. The molecule has 0 radical (unpaired) electrons. The van der Waals surface area contributed by atoms with Crippen molar-refractivity contribution in [3.8, 4) is 0 Å². The van der Waals surface area contributed by atoms with Gasteiger partial charge in [-0.25, -0.2) is 0 Å². The van der Waals surface area contributed by atoms with Crippen LogP contribution < -0.4 is 4.90 Å². The highest BCUT2D eigenvalue weighted by molar-refractivity contribution is 5.62. The molecule has 0 saturated carbocycles. The van der Waals surface area contributed by atoms with E-state index in [1.54, 1.807) is 7.11 Å².